The number of nitrogens with two attached hydrogens (primary N) is 1. The number of carboxylic acids is 1. The van der Waals surface area contributed by atoms with Crippen LogP contribution in [0.25, 0.3) is 0 Å². The maximum absolute atomic E-state index is 10.9. The first-order chi connectivity index (χ1) is 8.20. The number of aromatic hydroxyl groups is 1. The van der Waals surface area contributed by atoms with E-state index in [1.165, 1.54) is 13.8 Å². The molecule has 0 aliphatic heterocycles. The third kappa shape index (κ3) is 2.09. The lowest BCUT2D eigenvalue weighted by Crippen LogP contribution is -2.22. The highest BCUT2D eigenvalue weighted by atomic mass is 35.5. The molecule has 18 heavy (non-hydrogen) atoms. The average Bonchev–Trinajstić information content (AvgIpc) is 2.25. The number of nitro groups is 1. The van der Waals surface area contributed by atoms with Crippen molar-refractivity contribution in [3.63, 3.8) is 0 Å². The second kappa shape index (κ2) is 4.79. The standard InChI is InChI=1S/C10H11ClN2O5/c1-3-5(7(12)10(15)16)9(14)6(11)4(2)8(3)13(17)18/h7,14H,12H2,1-2H3,(H,15,16)/t7-/m0/s1. The van der Waals surface area contributed by atoms with Crippen LogP contribution in [0.1, 0.15) is 22.7 Å². The number of nitro benzene ring substituents is 1. The predicted molar refractivity (Wildman–Crippen MR) is 63.8 cm³/mol. The molecule has 8 heteroatoms. The summed E-state index contributed by atoms with van der Waals surface area (Å²) in [6.07, 6.45) is 0. The van der Waals surface area contributed by atoms with Crippen molar-refractivity contribution in [2.24, 2.45) is 5.73 Å². The van der Waals surface area contributed by atoms with E-state index in [9.17, 15) is 20.0 Å². The van der Waals surface area contributed by atoms with Crippen LogP contribution in [0.5, 0.6) is 5.75 Å². The number of carbonyl (C=O) groups is 1. The summed E-state index contributed by atoms with van der Waals surface area (Å²) in [5.74, 6) is -1.95. The SMILES string of the molecule is Cc1c(Cl)c(O)c([C@H](N)C(=O)O)c(C)c1[N+](=O)[O-]. The van der Waals surface area contributed by atoms with Gasteiger partial charge in [0, 0.05) is 16.7 Å². The summed E-state index contributed by atoms with van der Waals surface area (Å²) in [7, 11) is 0. The molecule has 1 aromatic rings. The zero-order valence-corrected chi connectivity index (χ0v) is 10.4. The van der Waals surface area contributed by atoms with Gasteiger partial charge in [-0.25, -0.2) is 0 Å². The summed E-state index contributed by atoms with van der Waals surface area (Å²) in [5, 5.41) is 29.3. The van der Waals surface area contributed by atoms with Crippen molar-refractivity contribution >= 4 is 23.3 Å². The molecule has 0 saturated carbocycles. The minimum Gasteiger partial charge on any atom is -0.506 e. The van der Waals surface area contributed by atoms with Crippen molar-refractivity contribution in [1.82, 2.24) is 0 Å². The van der Waals surface area contributed by atoms with Crippen LogP contribution in [0.15, 0.2) is 0 Å². The first-order valence-electron chi connectivity index (χ1n) is 4.84. The molecule has 0 aliphatic carbocycles. The van der Waals surface area contributed by atoms with Crippen molar-refractivity contribution < 1.29 is 19.9 Å². The fourth-order valence-corrected chi connectivity index (χ4v) is 1.96. The number of carboxylic acid groups (broad SMARTS) is 1. The highest BCUT2D eigenvalue weighted by Crippen LogP contribution is 2.42. The van der Waals surface area contributed by atoms with Gasteiger partial charge in [0.1, 0.15) is 11.8 Å². The number of phenolic OH excluding ortho intramolecular Hbond substituents is 1. The van der Waals surface area contributed by atoms with Gasteiger partial charge in [-0.3, -0.25) is 14.9 Å². The number of aliphatic carboxylic acids is 1. The van der Waals surface area contributed by atoms with Crippen LogP contribution in [0, 0.1) is 24.0 Å². The lowest BCUT2D eigenvalue weighted by Gasteiger charge is -2.15. The highest BCUT2D eigenvalue weighted by Gasteiger charge is 2.30. The molecule has 0 spiro atoms. The highest BCUT2D eigenvalue weighted by molar-refractivity contribution is 6.33. The van der Waals surface area contributed by atoms with Gasteiger partial charge in [-0.05, 0) is 13.8 Å². The van der Waals surface area contributed by atoms with Crippen molar-refractivity contribution in [3.8, 4) is 5.75 Å². The molecule has 0 heterocycles. The van der Waals surface area contributed by atoms with Gasteiger partial charge in [0.25, 0.3) is 5.69 Å². The molecular formula is C10H11ClN2O5. The number of phenols is 1. The van der Waals surface area contributed by atoms with Crippen molar-refractivity contribution in [2.75, 3.05) is 0 Å². The van der Waals surface area contributed by atoms with Crippen LogP contribution in [0.2, 0.25) is 5.02 Å². The van der Waals surface area contributed by atoms with Crippen LogP contribution in [0.4, 0.5) is 5.69 Å². The fourth-order valence-electron chi connectivity index (χ4n) is 1.76. The summed E-state index contributed by atoms with van der Waals surface area (Å²) in [6.45, 7) is 2.68. The first-order valence-corrected chi connectivity index (χ1v) is 5.22. The van der Waals surface area contributed by atoms with E-state index >= 15 is 0 Å². The first kappa shape index (κ1) is 14.2. The molecule has 0 aliphatic rings. The Morgan fingerprint density at radius 1 is 1.44 bits per heavy atom. The van der Waals surface area contributed by atoms with Crippen LogP contribution >= 0.6 is 11.6 Å². The Bertz CT molecular complexity index is 544. The summed E-state index contributed by atoms with van der Waals surface area (Å²) >= 11 is 5.75. The van der Waals surface area contributed by atoms with Gasteiger partial charge in [0.05, 0.1) is 9.95 Å². The Balaban J connectivity index is 3.73. The molecule has 1 rings (SSSR count). The maximum atomic E-state index is 10.9. The Morgan fingerprint density at radius 2 is 1.94 bits per heavy atom. The van der Waals surface area contributed by atoms with E-state index in [0.717, 1.165) is 0 Å². The van der Waals surface area contributed by atoms with Gasteiger partial charge in [0.2, 0.25) is 0 Å². The van der Waals surface area contributed by atoms with Crippen LogP contribution in [-0.2, 0) is 4.79 Å². The van der Waals surface area contributed by atoms with Gasteiger partial charge < -0.3 is 15.9 Å². The lowest BCUT2D eigenvalue weighted by molar-refractivity contribution is -0.386. The summed E-state index contributed by atoms with van der Waals surface area (Å²) in [6, 6.07) is -1.58. The quantitative estimate of drug-likeness (QED) is 0.568. The van der Waals surface area contributed by atoms with Crippen molar-refractivity contribution in [2.45, 2.75) is 19.9 Å². The summed E-state index contributed by atoms with van der Waals surface area (Å²) in [4.78, 5) is 21.1. The van der Waals surface area contributed by atoms with Gasteiger partial charge in [-0.1, -0.05) is 11.6 Å². The number of halogens is 1. The molecule has 1 aromatic carbocycles. The molecule has 1 atom stereocenters. The molecule has 0 fully saturated rings. The van der Waals surface area contributed by atoms with Crippen molar-refractivity contribution in [3.05, 3.63) is 31.8 Å². The van der Waals surface area contributed by atoms with Gasteiger partial charge in [0.15, 0.2) is 0 Å². The molecule has 0 radical (unpaired) electrons. The number of benzene rings is 1. The van der Waals surface area contributed by atoms with Gasteiger partial charge in [-0.2, -0.15) is 0 Å². The Labute approximate surface area is 107 Å². The molecular weight excluding hydrogens is 264 g/mol. The van der Waals surface area contributed by atoms with Crippen LogP contribution < -0.4 is 5.73 Å². The van der Waals surface area contributed by atoms with E-state index in [0.29, 0.717) is 0 Å². The van der Waals surface area contributed by atoms with Gasteiger partial charge in [-0.15, -0.1) is 0 Å². The number of rotatable bonds is 3. The minimum absolute atomic E-state index is 0.00528. The summed E-state index contributed by atoms with van der Waals surface area (Å²) in [5.41, 5.74) is 4.86. The van der Waals surface area contributed by atoms with E-state index in [2.05, 4.69) is 0 Å². The zero-order chi connectivity index (χ0) is 14.2. The molecule has 98 valence electrons. The van der Waals surface area contributed by atoms with Crippen molar-refractivity contribution in [1.29, 1.82) is 0 Å². The van der Waals surface area contributed by atoms with Crippen LogP contribution in [0.3, 0.4) is 0 Å². The average molecular weight is 275 g/mol. The summed E-state index contributed by atoms with van der Waals surface area (Å²) < 4.78 is 0. The smallest absolute Gasteiger partial charge is 0.325 e. The Morgan fingerprint density at radius 3 is 2.33 bits per heavy atom. The molecule has 0 unspecified atom stereocenters. The fraction of sp³-hybridized carbons (Fsp3) is 0.300. The zero-order valence-electron chi connectivity index (χ0n) is 9.60. The molecule has 0 amide bonds. The third-order valence-corrected chi connectivity index (χ3v) is 3.13. The number of hydrogen-bond donors (Lipinski definition) is 3. The molecule has 7 nitrogen and oxygen atoms in total. The third-order valence-electron chi connectivity index (χ3n) is 2.67. The normalized spacial score (nSPS) is 12.2. The minimum atomic E-state index is -1.58. The Kier molecular flexibility index (Phi) is 3.78. The molecule has 0 saturated heterocycles. The van der Waals surface area contributed by atoms with E-state index in [1.54, 1.807) is 0 Å². The molecule has 0 bridgehead atoms. The van der Waals surface area contributed by atoms with E-state index < -0.39 is 22.7 Å². The second-order valence-electron chi connectivity index (χ2n) is 3.75. The monoisotopic (exact) mass is 274 g/mol. The van der Waals surface area contributed by atoms with E-state index in [-0.39, 0.29) is 27.4 Å². The Hall–Kier alpha value is -1.86. The maximum Gasteiger partial charge on any atom is 0.325 e. The largest absolute Gasteiger partial charge is 0.506 e. The van der Waals surface area contributed by atoms with E-state index in [4.69, 9.17) is 22.4 Å². The topological polar surface area (TPSA) is 127 Å². The molecule has 4 N–H and O–H groups in total. The lowest BCUT2D eigenvalue weighted by atomic mass is 9.96. The van der Waals surface area contributed by atoms with Crippen LogP contribution in [-0.4, -0.2) is 21.1 Å². The number of hydrogen-bond acceptors (Lipinski definition) is 5. The van der Waals surface area contributed by atoms with E-state index in [1.807, 2.05) is 0 Å². The number of nitrogens with zero attached hydrogens (tertiary/aromatic N) is 1. The second-order valence-corrected chi connectivity index (χ2v) is 4.13. The predicted octanol–water partition coefficient (Wildman–Crippen LogP) is 1.66. The van der Waals surface area contributed by atoms with Gasteiger partial charge >= 0.3 is 5.97 Å². The molecule has 0 aromatic heterocycles.